The van der Waals surface area contributed by atoms with Crippen molar-refractivity contribution in [2.75, 3.05) is 0 Å². The van der Waals surface area contributed by atoms with Crippen molar-refractivity contribution in [2.45, 2.75) is 46.6 Å². The van der Waals surface area contributed by atoms with Crippen molar-refractivity contribution < 1.29 is 4.79 Å². The molecule has 0 radical (unpaired) electrons. The molecule has 0 aliphatic carbocycles. The molecule has 2 aromatic rings. The van der Waals surface area contributed by atoms with Crippen LogP contribution in [-0.2, 0) is 7.05 Å². The number of amides is 1. The lowest BCUT2D eigenvalue weighted by molar-refractivity contribution is 0.0947. The van der Waals surface area contributed by atoms with Crippen LogP contribution in [0.4, 0.5) is 0 Å². The Hall–Kier alpha value is -2.53. The number of nitrogens with one attached hydrogen (secondary N) is 1. The minimum Gasteiger partial charge on any atom is -0.336 e. The predicted octanol–water partition coefficient (Wildman–Crippen LogP) is 2.25. The SMILES string of the molecule is CCC[C@@H](C#N)NC(=O)c1sc(-c2c(C)c(C)nn(C)c2=O)nc1C. The molecule has 0 fully saturated rings. The first-order valence-corrected chi connectivity index (χ1v) is 8.84. The number of aromatic nitrogens is 3. The maximum absolute atomic E-state index is 12.5. The Morgan fingerprint density at radius 1 is 1.36 bits per heavy atom. The van der Waals surface area contributed by atoms with Crippen LogP contribution in [0.2, 0.25) is 0 Å². The van der Waals surface area contributed by atoms with Crippen molar-refractivity contribution in [1.82, 2.24) is 20.1 Å². The van der Waals surface area contributed by atoms with Crippen LogP contribution in [0.1, 0.15) is 46.4 Å². The fourth-order valence-electron chi connectivity index (χ4n) is 2.50. The first kappa shape index (κ1) is 18.8. The highest BCUT2D eigenvalue weighted by molar-refractivity contribution is 7.17. The van der Waals surface area contributed by atoms with Gasteiger partial charge in [0, 0.05) is 7.05 Å². The lowest BCUT2D eigenvalue weighted by Gasteiger charge is -2.09. The second kappa shape index (κ2) is 7.57. The van der Waals surface area contributed by atoms with Gasteiger partial charge >= 0.3 is 0 Å². The molecule has 0 aliphatic heterocycles. The van der Waals surface area contributed by atoms with Gasteiger partial charge in [-0.05, 0) is 32.8 Å². The lowest BCUT2D eigenvalue weighted by atomic mass is 10.1. The van der Waals surface area contributed by atoms with E-state index in [2.05, 4.69) is 21.5 Å². The zero-order chi connectivity index (χ0) is 18.7. The summed E-state index contributed by atoms with van der Waals surface area (Å²) in [6.07, 6.45) is 1.40. The van der Waals surface area contributed by atoms with Gasteiger partial charge in [0.1, 0.15) is 15.9 Å². The molecule has 0 saturated heterocycles. The van der Waals surface area contributed by atoms with Gasteiger partial charge in [0.25, 0.3) is 11.5 Å². The Kier molecular flexibility index (Phi) is 5.69. The fourth-order valence-corrected chi connectivity index (χ4v) is 3.56. The molecule has 1 amide bonds. The molecule has 0 aromatic carbocycles. The first-order chi connectivity index (χ1) is 11.8. The average Bonchev–Trinajstić information content (AvgIpc) is 2.94. The van der Waals surface area contributed by atoms with E-state index >= 15 is 0 Å². The second-order valence-electron chi connectivity index (χ2n) is 5.89. The summed E-state index contributed by atoms with van der Waals surface area (Å²) in [5, 5.41) is 16.5. The highest BCUT2D eigenvalue weighted by atomic mass is 32.1. The number of hydrogen-bond acceptors (Lipinski definition) is 6. The highest BCUT2D eigenvalue weighted by Gasteiger charge is 2.22. The average molecular weight is 359 g/mol. The van der Waals surface area contributed by atoms with E-state index in [-0.39, 0.29) is 11.5 Å². The molecule has 8 heteroatoms. The van der Waals surface area contributed by atoms with Crippen LogP contribution in [0.25, 0.3) is 10.6 Å². The van der Waals surface area contributed by atoms with Crippen LogP contribution in [0.5, 0.6) is 0 Å². The van der Waals surface area contributed by atoms with Crippen molar-refractivity contribution in [1.29, 1.82) is 5.26 Å². The molecule has 0 saturated carbocycles. The zero-order valence-electron chi connectivity index (χ0n) is 15.0. The first-order valence-electron chi connectivity index (χ1n) is 8.02. The number of carbonyl (C=O) groups excluding carboxylic acids is 1. The van der Waals surface area contributed by atoms with Crippen LogP contribution in [0, 0.1) is 32.1 Å². The van der Waals surface area contributed by atoms with E-state index in [9.17, 15) is 9.59 Å². The number of rotatable bonds is 5. The summed E-state index contributed by atoms with van der Waals surface area (Å²) in [6.45, 7) is 7.33. The van der Waals surface area contributed by atoms with E-state index in [4.69, 9.17) is 5.26 Å². The number of aryl methyl sites for hydroxylation is 3. The molecule has 1 N–H and O–H groups in total. The summed E-state index contributed by atoms with van der Waals surface area (Å²) in [6, 6.07) is 1.56. The van der Waals surface area contributed by atoms with Gasteiger partial charge in [-0.1, -0.05) is 13.3 Å². The molecule has 0 aliphatic rings. The van der Waals surface area contributed by atoms with E-state index in [1.54, 1.807) is 14.0 Å². The Morgan fingerprint density at radius 2 is 2.04 bits per heavy atom. The van der Waals surface area contributed by atoms with E-state index in [0.29, 0.717) is 27.6 Å². The third kappa shape index (κ3) is 3.77. The molecule has 0 spiro atoms. The Morgan fingerprint density at radius 3 is 2.64 bits per heavy atom. The molecule has 0 bridgehead atoms. The normalized spacial score (nSPS) is 11.8. The van der Waals surface area contributed by atoms with Gasteiger partial charge in [0.05, 0.1) is 23.0 Å². The van der Waals surface area contributed by atoms with Crippen LogP contribution in [-0.4, -0.2) is 26.7 Å². The third-order valence-electron chi connectivity index (χ3n) is 3.98. The van der Waals surface area contributed by atoms with Gasteiger partial charge in [-0.15, -0.1) is 11.3 Å². The van der Waals surface area contributed by atoms with Crippen molar-refractivity contribution in [2.24, 2.45) is 7.05 Å². The molecule has 7 nitrogen and oxygen atoms in total. The van der Waals surface area contributed by atoms with E-state index in [1.165, 1.54) is 4.68 Å². The number of carbonyl (C=O) groups is 1. The molecule has 2 heterocycles. The van der Waals surface area contributed by atoms with E-state index < -0.39 is 6.04 Å². The monoisotopic (exact) mass is 359 g/mol. The summed E-state index contributed by atoms with van der Waals surface area (Å²) >= 11 is 1.16. The topological polar surface area (TPSA) is 101 Å². The highest BCUT2D eigenvalue weighted by Crippen LogP contribution is 2.28. The zero-order valence-corrected chi connectivity index (χ0v) is 15.8. The predicted molar refractivity (Wildman–Crippen MR) is 96.6 cm³/mol. The number of nitriles is 1. The van der Waals surface area contributed by atoms with E-state index in [0.717, 1.165) is 29.0 Å². The smallest absolute Gasteiger partial charge is 0.277 e. The fraction of sp³-hybridized carbons (Fsp3) is 0.471. The Labute approximate surface area is 150 Å². The van der Waals surface area contributed by atoms with Gasteiger partial charge in [-0.25, -0.2) is 9.67 Å². The van der Waals surface area contributed by atoms with Crippen LogP contribution >= 0.6 is 11.3 Å². The summed E-state index contributed by atoms with van der Waals surface area (Å²) in [5.41, 5.74) is 2.26. The molecule has 2 rings (SSSR count). The molecule has 0 unspecified atom stereocenters. The van der Waals surface area contributed by atoms with Gasteiger partial charge in [0.15, 0.2) is 0 Å². The van der Waals surface area contributed by atoms with Gasteiger partial charge in [-0.2, -0.15) is 10.4 Å². The summed E-state index contributed by atoms with van der Waals surface area (Å²) < 4.78 is 1.28. The minimum atomic E-state index is -0.528. The second-order valence-corrected chi connectivity index (χ2v) is 6.89. The lowest BCUT2D eigenvalue weighted by Crippen LogP contribution is -2.33. The molecular formula is C17H21N5O2S. The van der Waals surface area contributed by atoms with Crippen molar-refractivity contribution >= 4 is 17.2 Å². The number of thiazole rings is 1. The summed E-state index contributed by atoms with van der Waals surface area (Å²) in [5.74, 6) is -0.332. The quantitative estimate of drug-likeness (QED) is 0.882. The van der Waals surface area contributed by atoms with Gasteiger partial charge < -0.3 is 5.32 Å². The molecular weight excluding hydrogens is 338 g/mol. The largest absolute Gasteiger partial charge is 0.336 e. The van der Waals surface area contributed by atoms with Crippen LogP contribution < -0.4 is 10.9 Å². The summed E-state index contributed by atoms with van der Waals surface area (Å²) in [7, 11) is 1.59. The number of nitrogens with zero attached hydrogens (tertiary/aromatic N) is 4. The Balaban J connectivity index is 2.44. The van der Waals surface area contributed by atoms with Crippen molar-refractivity contribution in [3.63, 3.8) is 0 Å². The molecule has 1 atom stereocenters. The van der Waals surface area contributed by atoms with Gasteiger partial charge in [0.2, 0.25) is 0 Å². The molecule has 132 valence electrons. The third-order valence-corrected chi connectivity index (χ3v) is 5.15. The maximum atomic E-state index is 12.5. The molecule has 2 aromatic heterocycles. The standard InChI is InChI=1S/C17H21N5O2S/c1-6-7-12(8-18)20-15(23)14-11(4)19-16(25-14)13-9(2)10(3)21-22(5)17(13)24/h12H,6-7H2,1-5H3,(H,20,23)/t12-/m0/s1. The minimum absolute atomic E-state index is 0.246. The van der Waals surface area contributed by atoms with Crippen LogP contribution in [0.15, 0.2) is 4.79 Å². The van der Waals surface area contributed by atoms with Gasteiger partial charge in [-0.3, -0.25) is 9.59 Å². The van der Waals surface area contributed by atoms with Crippen LogP contribution in [0.3, 0.4) is 0 Å². The maximum Gasteiger partial charge on any atom is 0.277 e. The van der Waals surface area contributed by atoms with Crippen molar-refractivity contribution in [3.8, 4) is 16.6 Å². The number of hydrogen-bond donors (Lipinski definition) is 1. The van der Waals surface area contributed by atoms with Crippen molar-refractivity contribution in [3.05, 3.63) is 32.2 Å². The summed E-state index contributed by atoms with van der Waals surface area (Å²) in [4.78, 5) is 29.8. The molecule has 25 heavy (non-hydrogen) atoms. The van der Waals surface area contributed by atoms with E-state index in [1.807, 2.05) is 20.8 Å². The Bertz CT molecular complexity index is 907.